The summed E-state index contributed by atoms with van der Waals surface area (Å²) in [6.07, 6.45) is 1.57. The summed E-state index contributed by atoms with van der Waals surface area (Å²) in [6, 6.07) is 8.54. The summed E-state index contributed by atoms with van der Waals surface area (Å²) >= 11 is 1.65. The molecule has 0 aliphatic heterocycles. The predicted octanol–water partition coefficient (Wildman–Crippen LogP) is 2.30. The third-order valence-corrected chi connectivity index (χ3v) is 4.32. The molecule has 0 radical (unpaired) electrons. The lowest BCUT2D eigenvalue weighted by Gasteiger charge is -2.20. The Bertz CT molecular complexity index is 504. The van der Waals surface area contributed by atoms with Gasteiger partial charge in [0.05, 0.1) is 5.25 Å². The molecule has 0 fully saturated rings. The van der Waals surface area contributed by atoms with Gasteiger partial charge in [0.15, 0.2) is 5.16 Å². The normalized spacial score (nSPS) is 14.4. The molecule has 0 amide bonds. The quantitative estimate of drug-likeness (QED) is 0.859. The molecule has 4 nitrogen and oxygen atoms in total. The Morgan fingerprint density at radius 1 is 1.28 bits per heavy atom. The van der Waals surface area contributed by atoms with E-state index in [1.165, 1.54) is 11.1 Å². The number of rotatable bonds is 4. The Morgan fingerprint density at radius 3 is 2.44 bits per heavy atom. The molecule has 0 bridgehead atoms. The predicted molar refractivity (Wildman–Crippen MR) is 74.4 cm³/mol. The highest BCUT2D eigenvalue weighted by Crippen LogP contribution is 2.35. The molecule has 2 atom stereocenters. The van der Waals surface area contributed by atoms with Gasteiger partial charge in [-0.15, -0.1) is 0 Å². The topological polar surface area (TPSA) is 56.7 Å². The van der Waals surface area contributed by atoms with Crippen molar-refractivity contribution in [3.63, 3.8) is 0 Å². The minimum atomic E-state index is 0.0504. The van der Waals surface area contributed by atoms with Crippen molar-refractivity contribution in [1.29, 1.82) is 0 Å². The molecular weight excluding hydrogens is 244 g/mol. The standard InChI is InChI=1S/C13H18N4S/c1-9-4-6-11(7-5-9)12(10(2)14)18-13-15-8-16-17(13)3/h4-8,10,12H,14H2,1-3H3. The van der Waals surface area contributed by atoms with Crippen LogP contribution in [0.5, 0.6) is 0 Å². The SMILES string of the molecule is Cc1ccc(C(Sc2ncnn2C)C(C)N)cc1. The fraction of sp³-hybridized carbons (Fsp3) is 0.385. The minimum absolute atomic E-state index is 0.0504. The van der Waals surface area contributed by atoms with Gasteiger partial charge in [-0.25, -0.2) is 9.67 Å². The number of thioether (sulfide) groups is 1. The van der Waals surface area contributed by atoms with Gasteiger partial charge in [0.25, 0.3) is 0 Å². The van der Waals surface area contributed by atoms with Crippen molar-refractivity contribution in [3.8, 4) is 0 Å². The number of aryl methyl sites for hydroxylation is 2. The first-order chi connectivity index (χ1) is 8.58. The first kappa shape index (κ1) is 13.1. The Hall–Kier alpha value is -1.33. The van der Waals surface area contributed by atoms with Crippen molar-refractivity contribution in [1.82, 2.24) is 14.8 Å². The number of nitrogens with zero attached hydrogens (tertiary/aromatic N) is 3. The summed E-state index contributed by atoms with van der Waals surface area (Å²) < 4.78 is 1.77. The maximum Gasteiger partial charge on any atom is 0.186 e. The van der Waals surface area contributed by atoms with E-state index < -0.39 is 0 Å². The number of hydrogen-bond donors (Lipinski definition) is 1. The second-order valence-corrected chi connectivity index (χ2v) is 5.58. The zero-order valence-electron chi connectivity index (χ0n) is 10.9. The first-order valence-electron chi connectivity index (χ1n) is 5.90. The van der Waals surface area contributed by atoms with Crippen molar-refractivity contribution < 1.29 is 0 Å². The maximum absolute atomic E-state index is 6.10. The van der Waals surface area contributed by atoms with E-state index in [0.29, 0.717) is 0 Å². The van der Waals surface area contributed by atoms with Gasteiger partial charge in [0.1, 0.15) is 6.33 Å². The highest BCUT2D eigenvalue weighted by molar-refractivity contribution is 7.99. The molecule has 1 aromatic heterocycles. The van der Waals surface area contributed by atoms with Crippen molar-refractivity contribution in [2.45, 2.75) is 30.3 Å². The minimum Gasteiger partial charge on any atom is -0.327 e. The van der Waals surface area contributed by atoms with E-state index in [1.807, 2.05) is 14.0 Å². The maximum atomic E-state index is 6.10. The van der Waals surface area contributed by atoms with Crippen molar-refractivity contribution in [3.05, 3.63) is 41.7 Å². The molecule has 2 N–H and O–H groups in total. The van der Waals surface area contributed by atoms with Crippen molar-refractivity contribution in [2.24, 2.45) is 12.8 Å². The average molecular weight is 262 g/mol. The molecule has 18 heavy (non-hydrogen) atoms. The summed E-state index contributed by atoms with van der Waals surface area (Å²) in [7, 11) is 1.89. The van der Waals surface area contributed by atoms with E-state index in [0.717, 1.165) is 5.16 Å². The monoisotopic (exact) mass is 262 g/mol. The molecule has 2 rings (SSSR count). The van der Waals surface area contributed by atoms with E-state index in [4.69, 9.17) is 5.73 Å². The zero-order valence-corrected chi connectivity index (χ0v) is 11.7. The van der Waals surface area contributed by atoms with Crippen LogP contribution in [0.15, 0.2) is 35.7 Å². The van der Waals surface area contributed by atoms with Crippen LogP contribution in [0, 0.1) is 6.92 Å². The lowest BCUT2D eigenvalue weighted by molar-refractivity contribution is 0.671. The van der Waals surface area contributed by atoms with Crippen molar-refractivity contribution in [2.75, 3.05) is 0 Å². The Balaban J connectivity index is 2.24. The van der Waals surface area contributed by atoms with Gasteiger partial charge in [0, 0.05) is 13.1 Å². The van der Waals surface area contributed by atoms with E-state index in [9.17, 15) is 0 Å². The molecule has 1 aromatic carbocycles. The number of aromatic nitrogens is 3. The van der Waals surface area contributed by atoms with Crippen LogP contribution in [0.1, 0.15) is 23.3 Å². The Kier molecular flexibility index (Phi) is 4.04. The molecule has 0 aliphatic carbocycles. The zero-order chi connectivity index (χ0) is 13.1. The van der Waals surface area contributed by atoms with Gasteiger partial charge in [-0.05, 0) is 19.4 Å². The third kappa shape index (κ3) is 2.91. The summed E-state index contributed by atoms with van der Waals surface area (Å²) in [5.74, 6) is 0. The van der Waals surface area contributed by atoms with Gasteiger partial charge in [-0.3, -0.25) is 0 Å². The first-order valence-corrected chi connectivity index (χ1v) is 6.78. The summed E-state index contributed by atoms with van der Waals surface area (Å²) in [5, 5.41) is 5.16. The largest absolute Gasteiger partial charge is 0.327 e. The van der Waals surface area contributed by atoms with E-state index >= 15 is 0 Å². The number of benzene rings is 1. The van der Waals surface area contributed by atoms with Gasteiger partial charge in [0.2, 0.25) is 0 Å². The summed E-state index contributed by atoms with van der Waals surface area (Å²) in [6.45, 7) is 4.11. The fourth-order valence-electron chi connectivity index (χ4n) is 1.74. The van der Waals surface area contributed by atoms with Crippen LogP contribution in [0.4, 0.5) is 0 Å². The highest BCUT2D eigenvalue weighted by atomic mass is 32.2. The van der Waals surface area contributed by atoms with Crippen molar-refractivity contribution >= 4 is 11.8 Å². The number of hydrogen-bond acceptors (Lipinski definition) is 4. The van der Waals surface area contributed by atoms with Crippen LogP contribution in [0.25, 0.3) is 0 Å². The molecule has 96 valence electrons. The van der Waals surface area contributed by atoms with Crippen LogP contribution in [-0.2, 0) is 7.05 Å². The van der Waals surface area contributed by atoms with E-state index in [-0.39, 0.29) is 11.3 Å². The van der Waals surface area contributed by atoms with E-state index in [2.05, 4.69) is 41.3 Å². The molecular formula is C13H18N4S. The lowest BCUT2D eigenvalue weighted by atomic mass is 10.1. The number of nitrogens with two attached hydrogens (primary N) is 1. The van der Waals surface area contributed by atoms with Gasteiger partial charge >= 0.3 is 0 Å². The molecule has 2 unspecified atom stereocenters. The van der Waals surface area contributed by atoms with E-state index in [1.54, 1.807) is 22.8 Å². The molecule has 1 heterocycles. The summed E-state index contributed by atoms with van der Waals surface area (Å²) in [4.78, 5) is 4.24. The van der Waals surface area contributed by atoms with Crippen LogP contribution >= 0.6 is 11.8 Å². The molecule has 2 aromatic rings. The molecule has 0 spiro atoms. The highest BCUT2D eigenvalue weighted by Gasteiger charge is 2.19. The van der Waals surface area contributed by atoms with Crippen LogP contribution < -0.4 is 5.73 Å². The van der Waals surface area contributed by atoms with Crippen LogP contribution in [0.3, 0.4) is 0 Å². The fourth-order valence-corrected chi connectivity index (χ4v) is 2.78. The van der Waals surface area contributed by atoms with Gasteiger partial charge in [-0.2, -0.15) is 5.10 Å². The van der Waals surface area contributed by atoms with Gasteiger partial charge < -0.3 is 5.73 Å². The summed E-state index contributed by atoms with van der Waals surface area (Å²) in [5.41, 5.74) is 8.58. The third-order valence-electron chi connectivity index (χ3n) is 2.79. The van der Waals surface area contributed by atoms with Crippen LogP contribution in [0.2, 0.25) is 0 Å². The molecule has 0 aliphatic rings. The lowest BCUT2D eigenvalue weighted by Crippen LogP contribution is -2.23. The van der Waals surface area contributed by atoms with Crippen LogP contribution in [-0.4, -0.2) is 20.8 Å². The second kappa shape index (κ2) is 5.54. The molecule has 5 heteroatoms. The molecule has 0 saturated carbocycles. The van der Waals surface area contributed by atoms with Gasteiger partial charge in [-0.1, -0.05) is 41.6 Å². The Morgan fingerprint density at radius 2 is 1.94 bits per heavy atom. The second-order valence-electron chi connectivity index (χ2n) is 4.47. The molecule has 0 saturated heterocycles. The smallest absolute Gasteiger partial charge is 0.186 e. The Labute approximate surface area is 112 Å². The average Bonchev–Trinajstić information content (AvgIpc) is 2.73.